The minimum absolute atomic E-state index is 0.225. The molecule has 0 spiro atoms. The van der Waals surface area contributed by atoms with E-state index < -0.39 is 11.9 Å². The largest absolute Gasteiger partial charge is 0.496 e. The first-order chi connectivity index (χ1) is 7.88. The molecule has 0 bridgehead atoms. The Morgan fingerprint density at radius 1 is 1.29 bits per heavy atom. The Morgan fingerprint density at radius 3 is 2.24 bits per heavy atom. The highest BCUT2D eigenvalue weighted by atomic mass is 35.5. The Hall–Kier alpha value is -1.22. The van der Waals surface area contributed by atoms with E-state index in [0.29, 0.717) is 16.3 Å². The molecule has 17 heavy (non-hydrogen) atoms. The fraction of sp³-hybridized carbons (Fsp3) is 0.462. The second-order valence-electron chi connectivity index (χ2n) is 4.33. The van der Waals surface area contributed by atoms with Crippen molar-refractivity contribution >= 4 is 17.6 Å². The lowest BCUT2D eigenvalue weighted by molar-refractivity contribution is -0.138. The van der Waals surface area contributed by atoms with E-state index >= 15 is 0 Å². The van der Waals surface area contributed by atoms with Crippen molar-refractivity contribution in [3.8, 4) is 5.75 Å². The molecule has 3 nitrogen and oxygen atoms in total. The number of carbonyl (C=O) groups is 1. The quantitative estimate of drug-likeness (QED) is 0.894. The van der Waals surface area contributed by atoms with Gasteiger partial charge in [0.15, 0.2) is 0 Å². The first-order valence-electron chi connectivity index (χ1n) is 5.48. The zero-order valence-corrected chi connectivity index (χ0v) is 11.2. The molecule has 0 aliphatic heterocycles. The highest BCUT2D eigenvalue weighted by Crippen LogP contribution is 2.37. The molecule has 0 radical (unpaired) electrons. The van der Waals surface area contributed by atoms with Crippen molar-refractivity contribution in [1.29, 1.82) is 0 Å². The van der Waals surface area contributed by atoms with Crippen LogP contribution in [-0.4, -0.2) is 18.2 Å². The molecule has 0 heterocycles. The monoisotopic (exact) mass is 256 g/mol. The molecule has 1 aromatic carbocycles. The smallest absolute Gasteiger partial charge is 0.310 e. The summed E-state index contributed by atoms with van der Waals surface area (Å²) in [5.41, 5.74) is 1.55. The van der Waals surface area contributed by atoms with Gasteiger partial charge in [-0.25, -0.2) is 0 Å². The van der Waals surface area contributed by atoms with Gasteiger partial charge in [-0.2, -0.15) is 0 Å². The van der Waals surface area contributed by atoms with Crippen molar-refractivity contribution in [2.75, 3.05) is 7.11 Å². The molecule has 0 amide bonds. The maximum Gasteiger partial charge on any atom is 0.310 e. The van der Waals surface area contributed by atoms with E-state index in [4.69, 9.17) is 21.4 Å². The van der Waals surface area contributed by atoms with Crippen LogP contribution in [0.1, 0.15) is 43.7 Å². The van der Waals surface area contributed by atoms with Crippen LogP contribution in [0.3, 0.4) is 0 Å². The lowest BCUT2D eigenvalue weighted by Gasteiger charge is -2.18. The van der Waals surface area contributed by atoms with Gasteiger partial charge in [-0.05, 0) is 30.5 Å². The molecule has 4 heteroatoms. The average Bonchev–Trinajstić information content (AvgIpc) is 2.26. The van der Waals surface area contributed by atoms with Gasteiger partial charge in [-0.3, -0.25) is 4.79 Å². The number of aliphatic carboxylic acids is 1. The molecule has 0 saturated carbocycles. The molecule has 1 aromatic rings. The van der Waals surface area contributed by atoms with Crippen LogP contribution in [0.4, 0.5) is 0 Å². The van der Waals surface area contributed by atoms with E-state index in [0.717, 1.165) is 5.56 Å². The summed E-state index contributed by atoms with van der Waals surface area (Å²) in [6.07, 6.45) is 0. The number of carboxylic acids is 1. The Morgan fingerprint density at radius 2 is 1.82 bits per heavy atom. The third-order valence-corrected chi connectivity index (χ3v) is 2.99. The molecule has 94 valence electrons. The second kappa shape index (κ2) is 5.41. The van der Waals surface area contributed by atoms with Gasteiger partial charge >= 0.3 is 5.97 Å². The molecule has 0 aliphatic carbocycles. The standard InChI is InChI=1S/C13H17ClO3/c1-7(2)10-5-9(14)6-11(12(10)17-4)8(3)13(15)16/h5-8H,1-4H3,(H,15,16). The summed E-state index contributed by atoms with van der Waals surface area (Å²) >= 11 is 6.02. The van der Waals surface area contributed by atoms with E-state index in [9.17, 15) is 4.79 Å². The van der Waals surface area contributed by atoms with Crippen LogP contribution in [0.2, 0.25) is 5.02 Å². The van der Waals surface area contributed by atoms with Crippen molar-refractivity contribution in [1.82, 2.24) is 0 Å². The number of benzene rings is 1. The van der Waals surface area contributed by atoms with E-state index in [2.05, 4.69) is 0 Å². The normalized spacial score (nSPS) is 12.6. The maximum atomic E-state index is 11.1. The average molecular weight is 257 g/mol. The maximum absolute atomic E-state index is 11.1. The lowest BCUT2D eigenvalue weighted by atomic mass is 9.93. The molecule has 1 N–H and O–H groups in total. The van der Waals surface area contributed by atoms with E-state index in [1.54, 1.807) is 20.1 Å². The molecule has 0 aliphatic rings. The number of hydrogen-bond acceptors (Lipinski definition) is 2. The minimum Gasteiger partial charge on any atom is -0.496 e. The molecule has 1 unspecified atom stereocenters. The molecule has 1 rings (SSSR count). The fourth-order valence-electron chi connectivity index (χ4n) is 1.76. The Kier molecular flexibility index (Phi) is 4.40. The summed E-state index contributed by atoms with van der Waals surface area (Å²) in [7, 11) is 1.55. The van der Waals surface area contributed by atoms with Crippen molar-refractivity contribution in [3.05, 3.63) is 28.3 Å². The van der Waals surface area contributed by atoms with Gasteiger partial charge in [0.2, 0.25) is 0 Å². The van der Waals surface area contributed by atoms with Crippen molar-refractivity contribution < 1.29 is 14.6 Å². The van der Waals surface area contributed by atoms with Crippen LogP contribution in [0.15, 0.2) is 12.1 Å². The first-order valence-corrected chi connectivity index (χ1v) is 5.86. The molecule has 1 atom stereocenters. The predicted molar refractivity (Wildman–Crippen MR) is 68.1 cm³/mol. The van der Waals surface area contributed by atoms with Gasteiger partial charge < -0.3 is 9.84 Å². The van der Waals surface area contributed by atoms with Crippen LogP contribution < -0.4 is 4.74 Å². The third kappa shape index (κ3) is 2.91. The fourth-order valence-corrected chi connectivity index (χ4v) is 1.99. The highest BCUT2D eigenvalue weighted by Gasteiger charge is 2.22. The molecular formula is C13H17ClO3. The van der Waals surface area contributed by atoms with Crippen molar-refractivity contribution in [2.45, 2.75) is 32.6 Å². The third-order valence-electron chi connectivity index (χ3n) is 2.77. The summed E-state index contributed by atoms with van der Waals surface area (Å²) < 4.78 is 5.34. The predicted octanol–water partition coefficient (Wildman–Crippen LogP) is 3.66. The lowest BCUT2D eigenvalue weighted by Crippen LogP contribution is -2.10. The molecule has 0 aromatic heterocycles. The van der Waals surface area contributed by atoms with Gasteiger partial charge in [0, 0.05) is 10.6 Å². The van der Waals surface area contributed by atoms with Crippen LogP contribution in [-0.2, 0) is 4.79 Å². The molecule has 0 saturated heterocycles. The summed E-state index contributed by atoms with van der Waals surface area (Å²) in [5, 5.41) is 9.62. The van der Waals surface area contributed by atoms with Gasteiger partial charge in [0.25, 0.3) is 0 Å². The van der Waals surface area contributed by atoms with Crippen LogP contribution >= 0.6 is 11.6 Å². The molecule has 0 fully saturated rings. The summed E-state index contributed by atoms with van der Waals surface area (Å²) in [6.45, 7) is 5.66. The number of methoxy groups -OCH3 is 1. The second-order valence-corrected chi connectivity index (χ2v) is 4.77. The Bertz CT molecular complexity index is 427. The van der Waals surface area contributed by atoms with Gasteiger partial charge in [0.05, 0.1) is 13.0 Å². The summed E-state index contributed by atoms with van der Waals surface area (Å²) in [4.78, 5) is 11.1. The van der Waals surface area contributed by atoms with E-state index in [1.807, 2.05) is 19.9 Å². The topological polar surface area (TPSA) is 46.5 Å². The zero-order valence-electron chi connectivity index (χ0n) is 10.5. The SMILES string of the molecule is COc1c(C(C)C)cc(Cl)cc1C(C)C(=O)O. The highest BCUT2D eigenvalue weighted by molar-refractivity contribution is 6.30. The summed E-state index contributed by atoms with van der Waals surface area (Å²) in [6, 6.07) is 3.48. The van der Waals surface area contributed by atoms with Gasteiger partial charge in [0.1, 0.15) is 5.75 Å². The number of carboxylic acid groups (broad SMARTS) is 1. The minimum atomic E-state index is -0.889. The van der Waals surface area contributed by atoms with Crippen molar-refractivity contribution in [3.63, 3.8) is 0 Å². The van der Waals surface area contributed by atoms with Crippen LogP contribution in [0.5, 0.6) is 5.75 Å². The number of rotatable bonds is 4. The Balaban J connectivity index is 3.43. The van der Waals surface area contributed by atoms with E-state index in [-0.39, 0.29) is 5.92 Å². The number of ether oxygens (including phenoxy) is 1. The number of hydrogen-bond donors (Lipinski definition) is 1. The first kappa shape index (κ1) is 13.8. The van der Waals surface area contributed by atoms with Crippen LogP contribution in [0.25, 0.3) is 0 Å². The van der Waals surface area contributed by atoms with Gasteiger partial charge in [-0.1, -0.05) is 25.4 Å². The van der Waals surface area contributed by atoms with Crippen molar-refractivity contribution in [2.24, 2.45) is 0 Å². The van der Waals surface area contributed by atoms with E-state index in [1.165, 1.54) is 0 Å². The Labute approximate surface area is 106 Å². The zero-order chi connectivity index (χ0) is 13.2. The number of halogens is 1. The summed E-state index contributed by atoms with van der Waals surface area (Å²) in [5.74, 6) is -0.677. The molecular weight excluding hydrogens is 240 g/mol. The van der Waals surface area contributed by atoms with Gasteiger partial charge in [-0.15, -0.1) is 0 Å². The van der Waals surface area contributed by atoms with Crippen LogP contribution in [0, 0.1) is 0 Å².